The Morgan fingerprint density at radius 3 is 2.37 bits per heavy atom. The molecular weight excluding hydrogens is 664 g/mol. The lowest BCUT2D eigenvalue weighted by Gasteiger charge is -2.24. The molecule has 182 valence electrons. The maximum Gasteiger partial charge on any atom is 0.338 e. The third kappa shape index (κ3) is 5.26. The van der Waals surface area contributed by atoms with Gasteiger partial charge in [-0.2, -0.15) is 0 Å². The first-order chi connectivity index (χ1) is 16.7. The summed E-state index contributed by atoms with van der Waals surface area (Å²) in [4.78, 5) is 31.8. The molecular formula is C25H21Br3N2O4S. The minimum absolute atomic E-state index is 0.225. The summed E-state index contributed by atoms with van der Waals surface area (Å²) in [6.07, 6.45) is 1.82. The maximum absolute atomic E-state index is 13.7. The van der Waals surface area contributed by atoms with E-state index in [0.29, 0.717) is 33.0 Å². The van der Waals surface area contributed by atoms with Gasteiger partial charge >= 0.3 is 5.97 Å². The molecule has 0 bridgehead atoms. The Balaban J connectivity index is 1.91. The highest BCUT2D eigenvalue weighted by Crippen LogP contribution is 2.35. The molecule has 0 saturated carbocycles. The van der Waals surface area contributed by atoms with Gasteiger partial charge in [0.25, 0.3) is 5.56 Å². The van der Waals surface area contributed by atoms with Crippen LogP contribution >= 0.6 is 59.1 Å². The molecule has 2 aromatic carbocycles. The van der Waals surface area contributed by atoms with E-state index in [1.165, 1.54) is 11.3 Å². The van der Waals surface area contributed by atoms with Crippen LogP contribution in [0.1, 0.15) is 37.9 Å². The van der Waals surface area contributed by atoms with Crippen molar-refractivity contribution in [2.75, 3.05) is 13.2 Å². The van der Waals surface area contributed by atoms with E-state index in [9.17, 15) is 9.59 Å². The summed E-state index contributed by atoms with van der Waals surface area (Å²) >= 11 is 11.8. The molecule has 0 radical (unpaired) electrons. The number of halogens is 3. The van der Waals surface area contributed by atoms with E-state index in [1.54, 1.807) is 18.4 Å². The Morgan fingerprint density at radius 1 is 1.11 bits per heavy atom. The van der Waals surface area contributed by atoms with Gasteiger partial charge in [0, 0.05) is 4.47 Å². The first kappa shape index (κ1) is 26.1. The Labute approximate surface area is 231 Å². The van der Waals surface area contributed by atoms with E-state index in [2.05, 4.69) is 52.8 Å². The number of thiazole rings is 1. The number of nitrogens with zero attached hydrogens (tertiary/aromatic N) is 2. The number of hydrogen-bond acceptors (Lipinski definition) is 6. The molecule has 35 heavy (non-hydrogen) atoms. The number of benzene rings is 2. The third-order valence-electron chi connectivity index (χ3n) is 5.31. The Hall–Kier alpha value is -2.01. The SMILES string of the molecule is CCOC(=O)C1=C(C)N=c2s/c(=C\c3cc(Br)c(OCC)c(Br)c3)c(=O)n2[C@H]1c1ccc(Br)cc1. The first-order valence-electron chi connectivity index (χ1n) is 10.8. The van der Waals surface area contributed by atoms with Crippen molar-refractivity contribution in [3.8, 4) is 5.75 Å². The minimum Gasteiger partial charge on any atom is -0.492 e. The van der Waals surface area contributed by atoms with Crippen molar-refractivity contribution in [1.82, 2.24) is 4.57 Å². The van der Waals surface area contributed by atoms with Gasteiger partial charge in [0.2, 0.25) is 0 Å². The van der Waals surface area contributed by atoms with Gasteiger partial charge in [-0.3, -0.25) is 9.36 Å². The molecule has 0 aliphatic carbocycles. The van der Waals surface area contributed by atoms with Gasteiger partial charge in [-0.15, -0.1) is 0 Å². The number of carbonyl (C=O) groups excluding carboxylic acids is 1. The summed E-state index contributed by atoms with van der Waals surface area (Å²) in [5, 5.41) is 0. The van der Waals surface area contributed by atoms with E-state index < -0.39 is 12.0 Å². The predicted octanol–water partition coefficient (Wildman–Crippen LogP) is 5.48. The lowest BCUT2D eigenvalue weighted by Crippen LogP contribution is -2.39. The van der Waals surface area contributed by atoms with E-state index in [0.717, 1.165) is 24.5 Å². The zero-order valence-electron chi connectivity index (χ0n) is 19.1. The number of esters is 1. The second kappa shape index (κ2) is 10.9. The van der Waals surface area contributed by atoms with Crippen LogP contribution in [0.15, 0.2) is 70.9 Å². The van der Waals surface area contributed by atoms with Crippen molar-refractivity contribution in [1.29, 1.82) is 0 Å². The van der Waals surface area contributed by atoms with E-state index >= 15 is 0 Å². The number of rotatable bonds is 6. The smallest absolute Gasteiger partial charge is 0.338 e. The molecule has 0 unspecified atom stereocenters. The lowest BCUT2D eigenvalue weighted by atomic mass is 9.96. The van der Waals surface area contributed by atoms with Crippen LogP contribution in [0.3, 0.4) is 0 Å². The van der Waals surface area contributed by atoms with Crippen LogP contribution in [-0.4, -0.2) is 23.8 Å². The summed E-state index contributed by atoms with van der Waals surface area (Å²) < 4.78 is 15.5. The topological polar surface area (TPSA) is 69.9 Å². The van der Waals surface area contributed by atoms with Gasteiger partial charge in [0.1, 0.15) is 5.75 Å². The fraction of sp³-hybridized carbons (Fsp3) is 0.240. The molecule has 1 aromatic heterocycles. The molecule has 1 aliphatic heterocycles. The van der Waals surface area contributed by atoms with Crippen LogP contribution in [0, 0.1) is 0 Å². The number of ether oxygens (including phenoxy) is 2. The van der Waals surface area contributed by atoms with Gasteiger partial charge in [0.05, 0.1) is 44.0 Å². The molecule has 0 amide bonds. The lowest BCUT2D eigenvalue weighted by molar-refractivity contribution is -0.139. The summed E-state index contributed by atoms with van der Waals surface area (Å²) in [6.45, 7) is 6.21. The van der Waals surface area contributed by atoms with Crippen molar-refractivity contribution in [2.24, 2.45) is 4.99 Å². The summed E-state index contributed by atoms with van der Waals surface area (Å²) in [6, 6.07) is 10.7. The molecule has 10 heteroatoms. The summed E-state index contributed by atoms with van der Waals surface area (Å²) in [5.41, 5.74) is 2.29. The van der Waals surface area contributed by atoms with Gasteiger partial charge in [-0.25, -0.2) is 9.79 Å². The minimum atomic E-state index is -0.639. The largest absolute Gasteiger partial charge is 0.492 e. The number of carbonyl (C=O) groups is 1. The Morgan fingerprint density at radius 2 is 1.77 bits per heavy atom. The Bertz CT molecular complexity index is 1480. The van der Waals surface area contributed by atoms with Crippen molar-refractivity contribution in [2.45, 2.75) is 26.8 Å². The molecule has 4 rings (SSSR count). The zero-order chi connectivity index (χ0) is 25.3. The van der Waals surface area contributed by atoms with Crippen LogP contribution in [-0.2, 0) is 9.53 Å². The summed E-state index contributed by atoms with van der Waals surface area (Å²) in [7, 11) is 0. The van der Waals surface area contributed by atoms with Crippen LogP contribution in [0.4, 0.5) is 0 Å². The highest BCUT2D eigenvalue weighted by Gasteiger charge is 2.33. The molecule has 6 nitrogen and oxygen atoms in total. The maximum atomic E-state index is 13.7. The predicted molar refractivity (Wildman–Crippen MR) is 148 cm³/mol. The molecule has 0 saturated heterocycles. The van der Waals surface area contributed by atoms with E-state index in [1.807, 2.05) is 49.4 Å². The van der Waals surface area contributed by atoms with E-state index in [-0.39, 0.29) is 12.2 Å². The fourth-order valence-electron chi connectivity index (χ4n) is 3.85. The van der Waals surface area contributed by atoms with Crippen molar-refractivity contribution < 1.29 is 14.3 Å². The molecule has 0 N–H and O–H groups in total. The van der Waals surface area contributed by atoms with Crippen LogP contribution in [0.25, 0.3) is 6.08 Å². The van der Waals surface area contributed by atoms with Crippen LogP contribution < -0.4 is 19.6 Å². The highest BCUT2D eigenvalue weighted by atomic mass is 79.9. The normalized spacial score (nSPS) is 15.6. The molecule has 2 heterocycles. The van der Waals surface area contributed by atoms with Crippen LogP contribution in [0.5, 0.6) is 5.75 Å². The molecule has 0 fully saturated rings. The van der Waals surface area contributed by atoms with Gasteiger partial charge in [0.15, 0.2) is 4.80 Å². The third-order valence-corrected chi connectivity index (χ3v) is 8.00. The number of allylic oxidation sites excluding steroid dienone is 1. The average Bonchev–Trinajstić information content (AvgIpc) is 3.10. The number of aromatic nitrogens is 1. The first-order valence-corrected chi connectivity index (χ1v) is 14.0. The van der Waals surface area contributed by atoms with Gasteiger partial charge in [-0.05, 0) is 94.1 Å². The fourth-order valence-corrected chi connectivity index (χ4v) is 6.61. The van der Waals surface area contributed by atoms with Gasteiger partial charge < -0.3 is 9.47 Å². The highest BCUT2D eigenvalue weighted by molar-refractivity contribution is 9.11. The second-order valence-electron chi connectivity index (χ2n) is 7.60. The standard InChI is InChI=1S/C25H21Br3N2O4S/c1-4-33-22-17(27)10-14(11-18(22)28)12-19-23(31)30-21(15-6-8-16(26)9-7-15)20(24(32)34-5-2)13(3)29-25(30)35-19/h6-12,21H,4-5H2,1-3H3/b19-12-/t21-/m0/s1. The zero-order valence-corrected chi connectivity index (χ0v) is 24.7. The molecule has 3 aromatic rings. The van der Waals surface area contributed by atoms with Crippen LogP contribution in [0.2, 0.25) is 0 Å². The van der Waals surface area contributed by atoms with Crippen molar-refractivity contribution in [3.63, 3.8) is 0 Å². The number of hydrogen-bond donors (Lipinski definition) is 0. The monoisotopic (exact) mass is 682 g/mol. The Kier molecular flexibility index (Phi) is 8.15. The quantitative estimate of drug-likeness (QED) is 0.323. The summed E-state index contributed by atoms with van der Waals surface area (Å²) in [5.74, 6) is 0.228. The van der Waals surface area contributed by atoms with Gasteiger partial charge in [-0.1, -0.05) is 39.4 Å². The average molecular weight is 685 g/mol. The van der Waals surface area contributed by atoms with E-state index in [4.69, 9.17) is 9.47 Å². The second-order valence-corrected chi connectivity index (χ2v) is 11.2. The molecule has 1 atom stereocenters. The van der Waals surface area contributed by atoms with Crippen molar-refractivity contribution >= 4 is 71.2 Å². The molecule has 1 aliphatic rings. The molecule has 0 spiro atoms. The number of fused-ring (bicyclic) bond motifs is 1. The van der Waals surface area contributed by atoms with Crippen molar-refractivity contribution in [3.05, 3.63) is 91.9 Å².